The minimum atomic E-state index is -0.756. The maximum Gasteiger partial charge on any atom is 0.260 e. The SMILES string of the molecule is C.COc1ccc(C2=CN3C(=O)c4cc(C)c(OCCCOc5cc6c(cc5OC)C(=O)N5C=C(c7ccc(NC(=O)[C@H](C)CC(=O)[C@@H](NC(=O)CCCCCN8C(=O)C=CC8=O)C(C)C)cc7)C[C@H]5C=N6)cc4N=C[C@@H]3C2)cc1.[2H]P[B]. The molecule has 428 valence electrons. The quantitative estimate of drug-likeness (QED) is 0.0309. The zero-order valence-electron chi connectivity index (χ0n) is 47.4. The van der Waals surface area contributed by atoms with Gasteiger partial charge in [-0.25, -0.2) is 0 Å². The summed E-state index contributed by atoms with van der Waals surface area (Å²) in [5.41, 5.74) is 7.11. The summed E-state index contributed by atoms with van der Waals surface area (Å²) in [6.07, 6.45) is 13.4. The second-order valence-electron chi connectivity index (χ2n) is 20.7. The van der Waals surface area contributed by atoms with E-state index in [1.54, 1.807) is 54.3 Å². The molecule has 1 unspecified atom stereocenters. The minimum absolute atomic E-state index is 0. The molecule has 82 heavy (non-hydrogen) atoms. The van der Waals surface area contributed by atoms with Crippen LogP contribution in [0.1, 0.15) is 117 Å². The van der Waals surface area contributed by atoms with Crippen molar-refractivity contribution in [3.63, 3.8) is 0 Å². The number of carbonyl (C=O) groups excluding carboxylic acids is 7. The molecular weight excluding hydrogens is 1060 g/mol. The molecule has 2 radical (unpaired) electrons. The van der Waals surface area contributed by atoms with Crippen molar-refractivity contribution < 1.29 is 52.5 Å². The number of carbonyl (C=O) groups is 7. The van der Waals surface area contributed by atoms with Gasteiger partial charge in [-0.1, -0.05) is 58.9 Å². The zero-order chi connectivity index (χ0) is 58.6. The summed E-state index contributed by atoms with van der Waals surface area (Å²) in [4.78, 5) is 105. The number of amides is 6. The number of fused-ring (bicyclic) bond motifs is 4. The number of anilines is 1. The van der Waals surface area contributed by atoms with Crippen molar-refractivity contribution >= 4 is 98.5 Å². The van der Waals surface area contributed by atoms with Gasteiger partial charge >= 0.3 is 0 Å². The molecule has 5 heterocycles. The van der Waals surface area contributed by atoms with Gasteiger partial charge in [0.2, 0.25) is 11.8 Å². The van der Waals surface area contributed by atoms with E-state index in [-0.39, 0.29) is 95.2 Å². The zero-order valence-corrected chi connectivity index (χ0v) is 47.4. The van der Waals surface area contributed by atoms with Crippen LogP contribution in [-0.4, -0.2) is 129 Å². The molecular formula is C62H71BN7O11P. The number of ketones is 1. The van der Waals surface area contributed by atoms with Crippen LogP contribution in [0.25, 0.3) is 11.1 Å². The number of nitrogens with zero attached hydrogens (tertiary/aromatic N) is 5. The van der Waals surface area contributed by atoms with Gasteiger partial charge in [0.25, 0.3) is 23.6 Å². The van der Waals surface area contributed by atoms with Gasteiger partial charge in [0.1, 0.15) is 11.5 Å². The van der Waals surface area contributed by atoms with E-state index in [0.717, 1.165) is 33.6 Å². The van der Waals surface area contributed by atoms with E-state index in [4.69, 9.17) is 30.2 Å². The molecule has 5 aliphatic rings. The minimum Gasteiger partial charge on any atom is -0.497 e. The molecule has 5 atom stereocenters. The fourth-order valence-corrected chi connectivity index (χ4v) is 10.2. The van der Waals surface area contributed by atoms with Crippen LogP contribution in [0.5, 0.6) is 23.0 Å². The number of aliphatic imine (C=N–C) groups is 2. The second-order valence-corrected chi connectivity index (χ2v) is 20.7. The predicted octanol–water partition coefficient (Wildman–Crippen LogP) is 9.54. The van der Waals surface area contributed by atoms with Gasteiger partial charge in [0.15, 0.2) is 17.3 Å². The lowest BCUT2D eigenvalue weighted by Gasteiger charge is -2.23. The van der Waals surface area contributed by atoms with Gasteiger partial charge in [-0.2, -0.15) is 9.06 Å². The Morgan fingerprint density at radius 3 is 1.84 bits per heavy atom. The van der Waals surface area contributed by atoms with Crippen molar-refractivity contribution in [1.82, 2.24) is 20.0 Å². The van der Waals surface area contributed by atoms with Gasteiger partial charge in [0.05, 0.1) is 75.6 Å². The van der Waals surface area contributed by atoms with E-state index in [9.17, 15) is 33.6 Å². The number of benzene rings is 4. The van der Waals surface area contributed by atoms with Crippen molar-refractivity contribution in [2.75, 3.05) is 39.3 Å². The molecule has 4 aromatic rings. The Morgan fingerprint density at radius 1 is 0.732 bits per heavy atom. The van der Waals surface area contributed by atoms with Gasteiger partial charge in [0, 0.05) is 101 Å². The van der Waals surface area contributed by atoms with Crippen LogP contribution in [0.15, 0.2) is 107 Å². The number of nitrogens with one attached hydrogen (secondary N) is 2. The second kappa shape index (κ2) is 28.0. The lowest BCUT2D eigenvalue weighted by atomic mass is 9.92. The molecule has 0 aromatic heterocycles. The number of imide groups is 1. The van der Waals surface area contributed by atoms with Crippen molar-refractivity contribution in [2.45, 2.75) is 105 Å². The van der Waals surface area contributed by atoms with Crippen molar-refractivity contribution in [2.24, 2.45) is 21.8 Å². The predicted molar refractivity (Wildman–Crippen MR) is 321 cm³/mol. The van der Waals surface area contributed by atoms with Gasteiger partial charge < -0.3 is 39.4 Å². The Kier molecular flexibility index (Phi) is 20.5. The highest BCUT2D eigenvalue weighted by Crippen LogP contribution is 2.41. The van der Waals surface area contributed by atoms with Crippen LogP contribution < -0.4 is 29.6 Å². The number of ether oxygens (including phenoxy) is 4. The summed E-state index contributed by atoms with van der Waals surface area (Å²) in [5, 5.41) is 5.75. The summed E-state index contributed by atoms with van der Waals surface area (Å²) in [7, 11) is 7.52. The average Bonchev–Trinajstić information content (AvgIpc) is 3.19. The van der Waals surface area contributed by atoms with Crippen LogP contribution in [0.3, 0.4) is 0 Å². The third-order valence-corrected chi connectivity index (χ3v) is 14.7. The Hall–Kier alpha value is -8.18. The summed E-state index contributed by atoms with van der Waals surface area (Å²) in [6.45, 7) is 8.17. The highest BCUT2D eigenvalue weighted by Gasteiger charge is 2.36. The van der Waals surface area contributed by atoms with E-state index in [1.165, 1.54) is 24.2 Å². The number of methoxy groups -OCH3 is 2. The van der Waals surface area contributed by atoms with Gasteiger partial charge in [-0.3, -0.25) is 48.4 Å². The molecule has 0 fully saturated rings. The summed E-state index contributed by atoms with van der Waals surface area (Å²) >= 11 is 0. The van der Waals surface area contributed by atoms with Crippen molar-refractivity contribution in [3.8, 4) is 23.0 Å². The van der Waals surface area contributed by atoms with E-state index < -0.39 is 12.0 Å². The highest BCUT2D eigenvalue weighted by molar-refractivity contribution is 7.49. The van der Waals surface area contributed by atoms with Crippen molar-refractivity contribution in [3.05, 3.63) is 125 Å². The average molecular weight is 1130 g/mol. The van der Waals surface area contributed by atoms with Crippen LogP contribution in [0.4, 0.5) is 17.1 Å². The molecule has 20 heteroatoms. The van der Waals surface area contributed by atoms with Crippen LogP contribution in [0, 0.1) is 18.8 Å². The number of rotatable bonds is 23. The maximum atomic E-state index is 14.1. The maximum absolute atomic E-state index is 14.1. The Balaban J connectivity index is 0.00000242. The van der Waals surface area contributed by atoms with Crippen LogP contribution in [-0.2, 0) is 24.0 Å². The third kappa shape index (κ3) is 14.3. The molecule has 0 bridgehead atoms. The Labute approximate surface area is 484 Å². The molecule has 4 aromatic carbocycles. The first-order valence-corrected chi connectivity index (χ1v) is 27.6. The Morgan fingerprint density at radius 2 is 1.28 bits per heavy atom. The fourth-order valence-electron chi connectivity index (χ4n) is 10.2. The smallest absolute Gasteiger partial charge is 0.260 e. The normalized spacial score (nSPS) is 17.5. The molecule has 0 aliphatic carbocycles. The molecule has 6 amide bonds. The number of Topliss-reactive ketones (excluding diaryl/α,β-unsaturated/α-hetero) is 1. The summed E-state index contributed by atoms with van der Waals surface area (Å²) in [6, 6.07) is 20.8. The standard InChI is InChI=1S/C61H65N7O11.CH4.BH2P/c1-36(2)58(65-55(70)11-8-7-9-22-66-56(71)20-21-57(66)72)51(69)26-38(4)59(73)64-43-16-12-39(13-17-43)41-27-45-33-63-50-31-54(53(77-6)29-48(50)61(75)68(45)34-41)79-24-10-23-78-52-30-49-47(25-37(52)3)60(74)67-35-42(28-44(67)32-62-49)40-14-18-46(76-5)19-15-40;;1-2/h12-21,25,29-36,38,44-45,58H,7-11,22-24,26-28H2,1-6H3,(H,64,73)(H,65,70);1H4;2H2/t38-,44+,45+,58+;;/m1../s1/i;;2D. The highest BCUT2D eigenvalue weighted by atomic mass is 31.0. The first-order valence-electron chi connectivity index (χ1n) is 27.6. The first kappa shape index (κ1) is 59.9. The number of aryl methyl sites for hydroxylation is 1. The number of hydrogen-bond donors (Lipinski definition) is 2. The largest absolute Gasteiger partial charge is 0.497 e. The molecule has 5 aliphatic heterocycles. The number of hydrogen-bond acceptors (Lipinski definition) is 13. The Bertz CT molecular complexity index is 3240. The topological polar surface area (TPSA) is 215 Å². The molecule has 2 N–H and O–H groups in total. The molecule has 9 rings (SSSR count). The lowest BCUT2D eigenvalue weighted by Crippen LogP contribution is -2.45. The first-order chi connectivity index (χ1) is 39.5. The lowest BCUT2D eigenvalue weighted by molar-refractivity contribution is -0.137. The molecule has 0 saturated heterocycles. The van der Waals surface area contributed by atoms with Gasteiger partial charge in [-0.15, -0.1) is 0 Å². The summed E-state index contributed by atoms with van der Waals surface area (Å²) < 4.78 is 29.4. The molecule has 18 nitrogen and oxygen atoms in total. The van der Waals surface area contributed by atoms with E-state index in [0.29, 0.717) is 97.1 Å². The molecule has 0 saturated carbocycles. The van der Waals surface area contributed by atoms with Crippen LogP contribution in [0.2, 0.25) is 0 Å². The monoisotopic (exact) mass is 1130 g/mol. The van der Waals surface area contributed by atoms with E-state index >= 15 is 0 Å². The fraction of sp³-hybridized carbons (Fsp3) is 0.371. The van der Waals surface area contributed by atoms with E-state index in [1.807, 2.05) is 87.9 Å². The van der Waals surface area contributed by atoms with Crippen molar-refractivity contribution in [1.29, 1.82) is 1.28 Å². The molecule has 0 spiro atoms. The number of unbranched alkanes of at least 4 members (excludes halogenated alkanes) is 2. The van der Waals surface area contributed by atoms with Crippen LogP contribution >= 0.6 is 9.06 Å². The van der Waals surface area contributed by atoms with E-state index in [2.05, 4.69) is 18.2 Å². The third-order valence-electron chi connectivity index (χ3n) is 14.7. The summed E-state index contributed by atoms with van der Waals surface area (Å²) in [5.74, 6) is -0.508. The van der Waals surface area contributed by atoms with Gasteiger partial charge in [-0.05, 0) is 89.9 Å².